The topological polar surface area (TPSA) is 60.5 Å². The van der Waals surface area contributed by atoms with Crippen molar-refractivity contribution in [3.05, 3.63) is 59.5 Å². The molecular formula is C19H16F2N2O3S. The van der Waals surface area contributed by atoms with Crippen LogP contribution in [0.1, 0.15) is 17.3 Å². The highest BCUT2D eigenvalue weighted by Gasteiger charge is 2.15. The molecule has 0 bridgehead atoms. The van der Waals surface area contributed by atoms with Gasteiger partial charge in [0, 0.05) is 16.5 Å². The van der Waals surface area contributed by atoms with Crippen molar-refractivity contribution in [2.75, 3.05) is 11.9 Å². The second kappa shape index (κ2) is 8.59. The van der Waals surface area contributed by atoms with Crippen LogP contribution in [0.3, 0.4) is 0 Å². The molecule has 27 heavy (non-hydrogen) atoms. The van der Waals surface area contributed by atoms with E-state index in [4.69, 9.17) is 4.74 Å². The number of carbonyl (C=O) groups excluding carboxylic acids is 1. The molecule has 8 heteroatoms. The van der Waals surface area contributed by atoms with Crippen LogP contribution in [-0.4, -0.2) is 24.1 Å². The first kappa shape index (κ1) is 18.8. The van der Waals surface area contributed by atoms with E-state index in [0.29, 0.717) is 34.3 Å². The van der Waals surface area contributed by atoms with Gasteiger partial charge in [-0.05, 0) is 37.3 Å². The van der Waals surface area contributed by atoms with Crippen molar-refractivity contribution in [3.63, 3.8) is 0 Å². The Labute approximate surface area is 158 Å². The van der Waals surface area contributed by atoms with Crippen LogP contribution >= 0.6 is 11.3 Å². The SMILES string of the molecule is CCOc1cccc(C(=O)Nc2nc(-c3ccccc3OC(F)F)cs2)c1. The fourth-order valence-electron chi connectivity index (χ4n) is 2.39. The average Bonchev–Trinajstić information content (AvgIpc) is 3.10. The van der Waals surface area contributed by atoms with Gasteiger partial charge in [0.25, 0.3) is 5.91 Å². The lowest BCUT2D eigenvalue weighted by Gasteiger charge is -2.08. The van der Waals surface area contributed by atoms with Crippen molar-refractivity contribution in [1.29, 1.82) is 0 Å². The van der Waals surface area contributed by atoms with Crippen LogP contribution in [0.2, 0.25) is 0 Å². The molecule has 5 nitrogen and oxygen atoms in total. The molecule has 0 spiro atoms. The first-order valence-electron chi connectivity index (χ1n) is 8.10. The molecule has 1 heterocycles. The number of alkyl halides is 2. The van der Waals surface area contributed by atoms with E-state index in [2.05, 4.69) is 15.0 Å². The number of hydrogen-bond donors (Lipinski definition) is 1. The lowest BCUT2D eigenvalue weighted by atomic mass is 10.1. The Bertz CT molecular complexity index is 931. The second-order valence-electron chi connectivity index (χ2n) is 5.33. The van der Waals surface area contributed by atoms with Crippen LogP contribution in [0, 0.1) is 0 Å². The van der Waals surface area contributed by atoms with Crippen molar-refractivity contribution in [2.45, 2.75) is 13.5 Å². The fourth-order valence-corrected chi connectivity index (χ4v) is 3.10. The molecule has 140 valence electrons. The lowest BCUT2D eigenvalue weighted by molar-refractivity contribution is -0.0494. The molecule has 0 aliphatic heterocycles. The zero-order valence-corrected chi connectivity index (χ0v) is 15.1. The van der Waals surface area contributed by atoms with E-state index in [1.54, 1.807) is 47.8 Å². The standard InChI is InChI=1S/C19H16F2N2O3S/c1-2-25-13-7-5-6-12(10-13)17(24)23-19-22-15(11-27-19)14-8-3-4-9-16(14)26-18(20)21/h3-11,18H,2H2,1H3,(H,22,23,24). The minimum absolute atomic E-state index is 0.0279. The molecule has 0 fully saturated rings. The molecule has 0 saturated carbocycles. The Hall–Kier alpha value is -3.00. The number of nitrogens with zero attached hydrogens (tertiary/aromatic N) is 1. The number of hydrogen-bond acceptors (Lipinski definition) is 5. The Balaban J connectivity index is 1.77. The summed E-state index contributed by atoms with van der Waals surface area (Å²) in [6, 6.07) is 13.2. The van der Waals surface area contributed by atoms with E-state index < -0.39 is 6.61 Å². The maximum absolute atomic E-state index is 12.6. The molecule has 0 unspecified atom stereocenters. The summed E-state index contributed by atoms with van der Waals surface area (Å²) in [5.41, 5.74) is 1.29. The number of carbonyl (C=O) groups is 1. The Morgan fingerprint density at radius 3 is 2.81 bits per heavy atom. The number of nitrogens with one attached hydrogen (secondary N) is 1. The molecule has 0 aliphatic carbocycles. The van der Waals surface area contributed by atoms with Gasteiger partial charge >= 0.3 is 6.61 Å². The molecule has 0 atom stereocenters. The third-order valence-corrected chi connectivity index (χ3v) is 4.27. The highest BCUT2D eigenvalue weighted by atomic mass is 32.1. The van der Waals surface area contributed by atoms with Gasteiger partial charge in [0.2, 0.25) is 0 Å². The van der Waals surface area contributed by atoms with Crippen LogP contribution in [0.4, 0.5) is 13.9 Å². The first-order chi connectivity index (χ1) is 13.1. The van der Waals surface area contributed by atoms with E-state index in [9.17, 15) is 13.6 Å². The van der Waals surface area contributed by atoms with Crippen LogP contribution in [0.25, 0.3) is 11.3 Å². The van der Waals surface area contributed by atoms with Crippen LogP contribution < -0.4 is 14.8 Å². The summed E-state index contributed by atoms with van der Waals surface area (Å²) in [6.07, 6.45) is 0. The van der Waals surface area contributed by atoms with E-state index in [-0.39, 0.29) is 11.7 Å². The van der Waals surface area contributed by atoms with Gasteiger partial charge in [-0.3, -0.25) is 10.1 Å². The summed E-state index contributed by atoms with van der Waals surface area (Å²) in [5, 5.41) is 4.72. The minimum Gasteiger partial charge on any atom is -0.494 e. The van der Waals surface area contributed by atoms with Crippen LogP contribution in [-0.2, 0) is 0 Å². The van der Waals surface area contributed by atoms with Crippen molar-refractivity contribution in [2.24, 2.45) is 0 Å². The summed E-state index contributed by atoms with van der Waals surface area (Å²) in [6.45, 7) is -0.568. The molecule has 3 aromatic rings. The highest BCUT2D eigenvalue weighted by molar-refractivity contribution is 7.14. The number of benzene rings is 2. The number of anilines is 1. The number of halogens is 2. The van der Waals surface area contributed by atoms with Crippen LogP contribution in [0.5, 0.6) is 11.5 Å². The molecule has 0 radical (unpaired) electrons. The predicted molar refractivity (Wildman–Crippen MR) is 99.7 cm³/mol. The Morgan fingerprint density at radius 2 is 2.04 bits per heavy atom. The zero-order chi connectivity index (χ0) is 19.2. The van der Waals surface area contributed by atoms with Crippen molar-refractivity contribution in [1.82, 2.24) is 4.98 Å². The molecule has 1 aromatic heterocycles. The minimum atomic E-state index is -2.93. The third-order valence-electron chi connectivity index (χ3n) is 3.51. The van der Waals surface area contributed by atoms with E-state index in [1.807, 2.05) is 6.92 Å². The van der Waals surface area contributed by atoms with E-state index >= 15 is 0 Å². The maximum atomic E-state index is 12.6. The number of ether oxygens (including phenoxy) is 2. The number of rotatable bonds is 7. The first-order valence-corrected chi connectivity index (χ1v) is 8.98. The summed E-state index contributed by atoms with van der Waals surface area (Å²) in [5.74, 6) is 0.290. The third kappa shape index (κ3) is 4.79. The zero-order valence-electron chi connectivity index (χ0n) is 14.3. The Kier molecular flexibility index (Phi) is 5.97. The largest absolute Gasteiger partial charge is 0.494 e. The molecule has 1 amide bonds. The fraction of sp³-hybridized carbons (Fsp3) is 0.158. The van der Waals surface area contributed by atoms with Gasteiger partial charge in [-0.2, -0.15) is 8.78 Å². The maximum Gasteiger partial charge on any atom is 0.387 e. The van der Waals surface area contributed by atoms with E-state index in [1.165, 1.54) is 17.4 Å². The van der Waals surface area contributed by atoms with Gasteiger partial charge in [-0.1, -0.05) is 18.2 Å². The Morgan fingerprint density at radius 1 is 1.22 bits per heavy atom. The van der Waals surface area contributed by atoms with Gasteiger partial charge < -0.3 is 9.47 Å². The quantitative estimate of drug-likeness (QED) is 0.612. The molecular weight excluding hydrogens is 374 g/mol. The monoisotopic (exact) mass is 390 g/mol. The predicted octanol–water partition coefficient (Wildman–Crippen LogP) is 5.06. The number of para-hydroxylation sites is 1. The number of thiazole rings is 1. The molecule has 1 N–H and O–H groups in total. The number of aromatic nitrogens is 1. The average molecular weight is 390 g/mol. The van der Waals surface area contributed by atoms with E-state index in [0.717, 1.165) is 0 Å². The molecule has 0 aliphatic rings. The summed E-state index contributed by atoms with van der Waals surface area (Å²) in [4.78, 5) is 16.7. The van der Waals surface area contributed by atoms with Crippen molar-refractivity contribution in [3.8, 4) is 22.8 Å². The van der Waals surface area contributed by atoms with Gasteiger partial charge in [0.15, 0.2) is 5.13 Å². The van der Waals surface area contributed by atoms with Gasteiger partial charge in [0.05, 0.1) is 12.3 Å². The smallest absolute Gasteiger partial charge is 0.387 e. The summed E-state index contributed by atoms with van der Waals surface area (Å²) >= 11 is 1.19. The highest BCUT2D eigenvalue weighted by Crippen LogP contribution is 2.33. The lowest BCUT2D eigenvalue weighted by Crippen LogP contribution is -2.11. The van der Waals surface area contributed by atoms with Crippen LogP contribution in [0.15, 0.2) is 53.9 Å². The summed E-state index contributed by atoms with van der Waals surface area (Å²) < 4.78 is 35.0. The normalized spacial score (nSPS) is 10.7. The van der Waals surface area contributed by atoms with Gasteiger partial charge in [0.1, 0.15) is 11.5 Å². The molecule has 3 rings (SSSR count). The van der Waals surface area contributed by atoms with Crippen molar-refractivity contribution >= 4 is 22.4 Å². The van der Waals surface area contributed by atoms with Gasteiger partial charge in [-0.15, -0.1) is 11.3 Å². The molecule has 2 aromatic carbocycles. The van der Waals surface area contributed by atoms with Crippen molar-refractivity contribution < 1.29 is 23.0 Å². The second-order valence-corrected chi connectivity index (χ2v) is 6.19. The van der Waals surface area contributed by atoms with Gasteiger partial charge in [-0.25, -0.2) is 4.98 Å². The molecule has 0 saturated heterocycles. The number of amides is 1. The summed E-state index contributed by atoms with van der Waals surface area (Å²) in [7, 11) is 0.